The summed E-state index contributed by atoms with van der Waals surface area (Å²) in [6.07, 6.45) is 3.57. The van der Waals surface area contributed by atoms with Gasteiger partial charge in [0, 0.05) is 50.7 Å². The van der Waals surface area contributed by atoms with Gasteiger partial charge in [-0.2, -0.15) is 0 Å². The third-order valence-corrected chi connectivity index (χ3v) is 7.07. The van der Waals surface area contributed by atoms with E-state index in [0.29, 0.717) is 47.6 Å². The van der Waals surface area contributed by atoms with Gasteiger partial charge in [-0.3, -0.25) is 9.80 Å². The van der Waals surface area contributed by atoms with Gasteiger partial charge in [-0.1, -0.05) is 0 Å². The number of benzene rings is 2. The highest BCUT2D eigenvalue weighted by molar-refractivity contribution is 5.90. The predicted molar refractivity (Wildman–Crippen MR) is 149 cm³/mol. The Balaban J connectivity index is 1.26. The van der Waals surface area contributed by atoms with E-state index in [0.717, 1.165) is 59.6 Å². The Hall–Kier alpha value is -4.16. The maximum atomic E-state index is 5.57. The van der Waals surface area contributed by atoms with Crippen molar-refractivity contribution in [1.82, 2.24) is 29.7 Å². The van der Waals surface area contributed by atoms with Gasteiger partial charge in [-0.05, 0) is 0 Å². The first-order valence-corrected chi connectivity index (χ1v) is 12.9. The van der Waals surface area contributed by atoms with E-state index in [1.54, 1.807) is 55.1 Å². The van der Waals surface area contributed by atoms with Crippen molar-refractivity contribution in [2.45, 2.75) is 13.1 Å². The summed E-state index contributed by atoms with van der Waals surface area (Å²) in [5, 5.41) is 1.55. The zero-order chi connectivity index (χ0) is 28.2. The van der Waals surface area contributed by atoms with Gasteiger partial charge in [0.15, 0.2) is 23.0 Å². The lowest BCUT2D eigenvalue weighted by atomic mass is 10.2. The molecule has 0 unspecified atom stereocenters. The molecule has 0 aliphatic carbocycles. The molecule has 1 aliphatic rings. The average Bonchev–Trinajstić information content (AvgIpc) is 2.99. The van der Waals surface area contributed by atoms with E-state index in [9.17, 15) is 0 Å². The number of nitrogens with zero attached hydrogens (tertiary/aromatic N) is 6. The van der Waals surface area contributed by atoms with Crippen molar-refractivity contribution >= 4 is 21.8 Å². The van der Waals surface area contributed by atoms with E-state index in [1.165, 1.54) is 0 Å². The summed E-state index contributed by atoms with van der Waals surface area (Å²) in [4.78, 5) is 23.5. The third kappa shape index (κ3) is 5.19. The molecule has 0 saturated carbocycles. The number of fused-ring (bicyclic) bond motifs is 2. The number of methoxy groups -OCH3 is 6. The van der Waals surface area contributed by atoms with Crippen molar-refractivity contribution in [2.24, 2.45) is 0 Å². The van der Waals surface area contributed by atoms with Gasteiger partial charge in [0.25, 0.3) is 0 Å². The van der Waals surface area contributed by atoms with Gasteiger partial charge in [0.05, 0.1) is 77.6 Å². The van der Waals surface area contributed by atoms with E-state index in [1.807, 2.05) is 12.1 Å². The van der Waals surface area contributed by atoms with E-state index in [2.05, 4.69) is 19.8 Å². The van der Waals surface area contributed by atoms with Crippen molar-refractivity contribution in [2.75, 3.05) is 68.8 Å². The minimum Gasteiger partial charge on any atom is -0.493 e. The highest BCUT2D eigenvalue weighted by atomic mass is 16.5. The summed E-state index contributed by atoms with van der Waals surface area (Å²) in [5.74, 6) is 4.79. The molecule has 0 spiro atoms. The molecule has 2 aromatic heterocycles. The van der Waals surface area contributed by atoms with Crippen LogP contribution in [0.4, 0.5) is 0 Å². The third-order valence-electron chi connectivity index (χ3n) is 7.07. The Morgan fingerprint density at radius 1 is 0.550 bits per heavy atom. The molecule has 12 nitrogen and oxygen atoms in total. The fraction of sp³-hybridized carbons (Fsp3) is 0.429. The first-order valence-electron chi connectivity index (χ1n) is 12.9. The topological polar surface area (TPSA) is 113 Å². The van der Waals surface area contributed by atoms with Crippen LogP contribution in [0.1, 0.15) is 11.6 Å². The maximum Gasteiger partial charge on any atom is 0.204 e. The van der Waals surface area contributed by atoms with E-state index in [-0.39, 0.29) is 0 Å². The quantitative estimate of drug-likeness (QED) is 0.289. The van der Waals surface area contributed by atoms with Gasteiger partial charge >= 0.3 is 0 Å². The number of piperazine rings is 1. The molecule has 0 radical (unpaired) electrons. The molecule has 5 rings (SSSR count). The first-order chi connectivity index (χ1) is 19.5. The highest BCUT2D eigenvalue weighted by Crippen LogP contribution is 2.43. The van der Waals surface area contributed by atoms with Gasteiger partial charge in [0.1, 0.15) is 11.6 Å². The standard InChI is InChI=1S/C28H34N6O6/c1-35-21-11-19-17(25(37-3)27(21)39-5)13-29-23(31-19)15-33-7-9-34(10-8-33)16-24-30-14-18-20(32-24)12-22(36-2)28(40-6)26(18)38-4/h11-14H,7-10,15-16H2,1-6H3. The Labute approximate surface area is 232 Å². The van der Waals surface area contributed by atoms with Crippen molar-refractivity contribution in [3.8, 4) is 34.5 Å². The van der Waals surface area contributed by atoms with Crippen LogP contribution in [0.25, 0.3) is 21.8 Å². The molecule has 2 aromatic carbocycles. The van der Waals surface area contributed by atoms with Crippen molar-refractivity contribution in [3.05, 3.63) is 36.2 Å². The Kier molecular flexibility index (Phi) is 8.17. The molecule has 0 amide bonds. The first kappa shape index (κ1) is 27.4. The lowest BCUT2D eigenvalue weighted by Crippen LogP contribution is -2.45. The predicted octanol–water partition coefficient (Wildman–Crippen LogP) is 2.94. The van der Waals surface area contributed by atoms with Crippen LogP contribution in [-0.4, -0.2) is 98.6 Å². The fourth-order valence-corrected chi connectivity index (χ4v) is 5.04. The number of aromatic nitrogens is 4. The van der Waals surface area contributed by atoms with Crippen molar-refractivity contribution in [1.29, 1.82) is 0 Å². The Bertz CT molecular complexity index is 1400. The van der Waals surface area contributed by atoms with E-state index in [4.69, 9.17) is 38.4 Å². The number of ether oxygens (including phenoxy) is 6. The minimum absolute atomic E-state index is 0.526. The molecule has 40 heavy (non-hydrogen) atoms. The summed E-state index contributed by atoms with van der Waals surface area (Å²) in [6.45, 7) is 4.81. The molecule has 0 N–H and O–H groups in total. The van der Waals surface area contributed by atoms with Gasteiger partial charge in [0.2, 0.25) is 11.5 Å². The Morgan fingerprint density at radius 2 is 0.925 bits per heavy atom. The van der Waals surface area contributed by atoms with Crippen molar-refractivity contribution < 1.29 is 28.4 Å². The van der Waals surface area contributed by atoms with Crippen LogP contribution >= 0.6 is 0 Å². The average molecular weight is 551 g/mol. The second-order valence-corrected chi connectivity index (χ2v) is 9.28. The minimum atomic E-state index is 0.526. The van der Waals surface area contributed by atoms with Crippen LogP contribution in [0.15, 0.2) is 24.5 Å². The molecule has 1 saturated heterocycles. The zero-order valence-corrected chi connectivity index (χ0v) is 23.7. The van der Waals surface area contributed by atoms with E-state index >= 15 is 0 Å². The summed E-state index contributed by atoms with van der Waals surface area (Å²) in [6, 6.07) is 3.70. The van der Waals surface area contributed by atoms with Gasteiger partial charge < -0.3 is 28.4 Å². The van der Waals surface area contributed by atoms with Crippen LogP contribution in [0.3, 0.4) is 0 Å². The van der Waals surface area contributed by atoms with Crippen LogP contribution < -0.4 is 28.4 Å². The van der Waals surface area contributed by atoms with Crippen LogP contribution in [0.5, 0.6) is 34.5 Å². The highest BCUT2D eigenvalue weighted by Gasteiger charge is 2.22. The monoisotopic (exact) mass is 550 g/mol. The number of hydrogen-bond donors (Lipinski definition) is 0. The molecular formula is C28H34N6O6. The number of rotatable bonds is 10. The molecule has 0 atom stereocenters. The molecular weight excluding hydrogens is 516 g/mol. The Morgan fingerprint density at radius 3 is 1.25 bits per heavy atom. The molecule has 212 valence electrons. The maximum absolute atomic E-state index is 5.57. The normalized spacial score (nSPS) is 14.3. The fourth-order valence-electron chi connectivity index (χ4n) is 5.04. The van der Waals surface area contributed by atoms with Gasteiger partial charge in [-0.15, -0.1) is 0 Å². The molecule has 1 fully saturated rings. The van der Waals surface area contributed by atoms with Gasteiger partial charge in [-0.25, -0.2) is 19.9 Å². The molecule has 1 aliphatic heterocycles. The molecule has 4 aromatic rings. The van der Waals surface area contributed by atoms with E-state index < -0.39 is 0 Å². The lowest BCUT2D eigenvalue weighted by molar-refractivity contribution is 0.118. The number of hydrogen-bond acceptors (Lipinski definition) is 12. The van der Waals surface area contributed by atoms with Crippen LogP contribution in [0.2, 0.25) is 0 Å². The van der Waals surface area contributed by atoms with Crippen LogP contribution in [-0.2, 0) is 13.1 Å². The summed E-state index contributed by atoms with van der Waals surface area (Å²) in [5.41, 5.74) is 1.50. The second kappa shape index (κ2) is 11.9. The summed E-state index contributed by atoms with van der Waals surface area (Å²) < 4.78 is 33.1. The SMILES string of the molecule is COc1cc2nc(CN3CCN(Cc4ncc5c(OC)c(OC)c(OC)cc5n4)CC3)ncc2c(OC)c1OC. The van der Waals surface area contributed by atoms with Crippen LogP contribution in [0, 0.1) is 0 Å². The second-order valence-electron chi connectivity index (χ2n) is 9.28. The zero-order valence-electron chi connectivity index (χ0n) is 23.7. The van der Waals surface area contributed by atoms with Crippen molar-refractivity contribution in [3.63, 3.8) is 0 Å². The summed E-state index contributed by atoms with van der Waals surface area (Å²) >= 11 is 0. The molecule has 12 heteroatoms. The summed E-state index contributed by atoms with van der Waals surface area (Å²) in [7, 11) is 9.55. The largest absolute Gasteiger partial charge is 0.493 e. The lowest BCUT2D eigenvalue weighted by Gasteiger charge is -2.33. The molecule has 3 heterocycles. The molecule has 0 bridgehead atoms. The smallest absolute Gasteiger partial charge is 0.204 e.